The number of rotatable bonds is 7. The Morgan fingerprint density at radius 1 is 1.10 bits per heavy atom. The molecule has 0 heteroatoms. The van der Waals surface area contributed by atoms with Crippen molar-refractivity contribution in [3.05, 3.63) is 47.0 Å². The van der Waals surface area contributed by atoms with Crippen molar-refractivity contribution in [1.82, 2.24) is 0 Å². The van der Waals surface area contributed by atoms with E-state index in [1.165, 1.54) is 62.5 Å². The van der Waals surface area contributed by atoms with Crippen molar-refractivity contribution in [2.45, 2.75) is 77.6 Å². The van der Waals surface area contributed by atoms with Crippen LogP contribution < -0.4 is 0 Å². The fourth-order valence-electron chi connectivity index (χ4n) is 3.53. The predicted octanol–water partition coefficient (Wildman–Crippen LogP) is 5.98. The second-order valence-electron chi connectivity index (χ2n) is 6.55. The van der Waals surface area contributed by atoms with E-state index in [-0.39, 0.29) is 0 Å². The highest BCUT2D eigenvalue weighted by Gasteiger charge is 2.39. The van der Waals surface area contributed by atoms with E-state index in [9.17, 15) is 0 Å². The van der Waals surface area contributed by atoms with Gasteiger partial charge in [0.25, 0.3) is 0 Å². The molecule has 1 aromatic rings. The fraction of sp³-hybridized carbons (Fsp3) is 0.600. The maximum absolute atomic E-state index is 4.28. The van der Waals surface area contributed by atoms with Gasteiger partial charge in [-0.1, -0.05) is 63.5 Å². The molecule has 1 aliphatic carbocycles. The maximum atomic E-state index is 4.28. The first-order valence-electron chi connectivity index (χ1n) is 8.42. The van der Waals surface area contributed by atoms with Gasteiger partial charge in [0.1, 0.15) is 0 Å². The standard InChI is InChI=1S/C20H30/c1-5-7-10-18-15-19(12-11-17(18)9-6-2)20(16(3)4)13-8-14-20/h11-12,15H,3,5-10,13-14H2,1-2,4H3. The molecule has 0 saturated heterocycles. The van der Waals surface area contributed by atoms with Crippen LogP contribution in [0.2, 0.25) is 0 Å². The van der Waals surface area contributed by atoms with Crippen LogP contribution in [-0.2, 0) is 18.3 Å². The summed E-state index contributed by atoms with van der Waals surface area (Å²) in [5.74, 6) is 0. The number of hydrogen-bond donors (Lipinski definition) is 0. The van der Waals surface area contributed by atoms with Crippen molar-refractivity contribution in [2.75, 3.05) is 0 Å². The summed E-state index contributed by atoms with van der Waals surface area (Å²) < 4.78 is 0. The molecule has 0 amide bonds. The van der Waals surface area contributed by atoms with Crippen LogP contribution >= 0.6 is 0 Å². The molecule has 0 aromatic heterocycles. The van der Waals surface area contributed by atoms with Crippen LogP contribution in [0, 0.1) is 0 Å². The minimum absolute atomic E-state index is 0.297. The van der Waals surface area contributed by atoms with Gasteiger partial charge in [-0.25, -0.2) is 0 Å². The summed E-state index contributed by atoms with van der Waals surface area (Å²) >= 11 is 0. The Balaban J connectivity index is 2.33. The third-order valence-electron chi connectivity index (χ3n) is 5.10. The normalized spacial score (nSPS) is 16.8. The number of benzene rings is 1. The Morgan fingerprint density at radius 2 is 1.85 bits per heavy atom. The first-order valence-corrected chi connectivity index (χ1v) is 8.42. The van der Waals surface area contributed by atoms with Crippen LogP contribution in [-0.4, -0.2) is 0 Å². The number of unbranched alkanes of at least 4 members (excludes halogenated alkanes) is 1. The Hall–Kier alpha value is -1.04. The molecule has 1 aromatic carbocycles. The lowest BCUT2D eigenvalue weighted by molar-refractivity contribution is 0.295. The average molecular weight is 270 g/mol. The third-order valence-corrected chi connectivity index (χ3v) is 5.10. The van der Waals surface area contributed by atoms with Crippen molar-refractivity contribution in [3.8, 4) is 0 Å². The summed E-state index contributed by atoms with van der Waals surface area (Å²) in [6.45, 7) is 11.0. The average Bonchev–Trinajstić information content (AvgIpc) is 2.37. The topological polar surface area (TPSA) is 0 Å². The van der Waals surface area contributed by atoms with Gasteiger partial charge >= 0.3 is 0 Å². The smallest absolute Gasteiger partial charge is 0.0156 e. The molecule has 0 N–H and O–H groups in total. The van der Waals surface area contributed by atoms with Crippen LogP contribution in [0.15, 0.2) is 30.4 Å². The molecular weight excluding hydrogens is 240 g/mol. The quantitative estimate of drug-likeness (QED) is 0.535. The van der Waals surface area contributed by atoms with Crippen LogP contribution in [0.3, 0.4) is 0 Å². The third kappa shape index (κ3) is 2.85. The lowest BCUT2D eigenvalue weighted by atomic mass is 9.60. The van der Waals surface area contributed by atoms with E-state index in [0.717, 1.165) is 0 Å². The second kappa shape index (κ2) is 6.61. The van der Waals surface area contributed by atoms with E-state index < -0.39 is 0 Å². The van der Waals surface area contributed by atoms with E-state index in [4.69, 9.17) is 0 Å². The second-order valence-corrected chi connectivity index (χ2v) is 6.55. The summed E-state index contributed by atoms with van der Waals surface area (Å²) in [5.41, 5.74) is 6.35. The first-order chi connectivity index (χ1) is 9.64. The van der Waals surface area contributed by atoms with Crippen molar-refractivity contribution in [1.29, 1.82) is 0 Å². The van der Waals surface area contributed by atoms with Crippen LogP contribution in [0.4, 0.5) is 0 Å². The van der Waals surface area contributed by atoms with Crippen molar-refractivity contribution in [3.63, 3.8) is 0 Å². The van der Waals surface area contributed by atoms with E-state index in [2.05, 4.69) is 45.5 Å². The van der Waals surface area contributed by atoms with Gasteiger partial charge in [-0.05, 0) is 55.7 Å². The number of aryl methyl sites for hydroxylation is 2. The van der Waals surface area contributed by atoms with Gasteiger partial charge in [-0.2, -0.15) is 0 Å². The molecule has 0 unspecified atom stereocenters. The minimum Gasteiger partial charge on any atom is -0.0992 e. The minimum atomic E-state index is 0.297. The lowest BCUT2D eigenvalue weighted by Gasteiger charge is -2.43. The molecule has 110 valence electrons. The molecule has 1 saturated carbocycles. The molecule has 1 fully saturated rings. The zero-order valence-electron chi connectivity index (χ0n) is 13.6. The molecule has 1 aliphatic rings. The van der Waals surface area contributed by atoms with Crippen molar-refractivity contribution < 1.29 is 0 Å². The molecule has 0 spiro atoms. The lowest BCUT2D eigenvalue weighted by Crippen LogP contribution is -2.35. The highest BCUT2D eigenvalue weighted by molar-refractivity contribution is 5.42. The van der Waals surface area contributed by atoms with Gasteiger partial charge in [0, 0.05) is 5.41 Å². The SMILES string of the molecule is C=C(C)C1(c2ccc(CCC)c(CCCC)c2)CCC1. The van der Waals surface area contributed by atoms with Crippen molar-refractivity contribution >= 4 is 0 Å². The zero-order valence-corrected chi connectivity index (χ0v) is 13.6. The van der Waals surface area contributed by atoms with Crippen LogP contribution in [0.5, 0.6) is 0 Å². The molecule has 0 radical (unpaired) electrons. The highest BCUT2D eigenvalue weighted by Crippen LogP contribution is 2.48. The largest absolute Gasteiger partial charge is 0.0992 e. The fourth-order valence-corrected chi connectivity index (χ4v) is 3.53. The maximum Gasteiger partial charge on any atom is 0.0156 e. The summed E-state index contributed by atoms with van der Waals surface area (Å²) in [6, 6.07) is 7.29. The Morgan fingerprint density at radius 3 is 2.35 bits per heavy atom. The van der Waals surface area contributed by atoms with Crippen LogP contribution in [0.1, 0.15) is 76.0 Å². The molecule has 0 bridgehead atoms. The molecule has 0 heterocycles. The molecular formula is C20H30. The monoisotopic (exact) mass is 270 g/mol. The number of hydrogen-bond acceptors (Lipinski definition) is 0. The highest BCUT2D eigenvalue weighted by atomic mass is 14.4. The molecule has 20 heavy (non-hydrogen) atoms. The summed E-state index contributed by atoms with van der Waals surface area (Å²) in [4.78, 5) is 0. The molecule has 0 aliphatic heterocycles. The van der Waals surface area contributed by atoms with E-state index in [1.807, 2.05) is 0 Å². The molecule has 0 nitrogen and oxygen atoms in total. The Labute approximate surface area is 125 Å². The summed E-state index contributed by atoms with van der Waals surface area (Å²) in [6.07, 6.45) is 10.2. The molecule has 0 atom stereocenters. The number of allylic oxidation sites excluding steroid dienone is 1. The van der Waals surface area contributed by atoms with Gasteiger partial charge in [-0.15, -0.1) is 0 Å². The van der Waals surface area contributed by atoms with Crippen LogP contribution in [0.25, 0.3) is 0 Å². The summed E-state index contributed by atoms with van der Waals surface area (Å²) in [5, 5.41) is 0. The Kier molecular flexibility index (Phi) is 5.07. The predicted molar refractivity (Wildman–Crippen MR) is 89.4 cm³/mol. The van der Waals surface area contributed by atoms with E-state index in [0.29, 0.717) is 5.41 Å². The first kappa shape index (κ1) is 15.4. The zero-order chi connectivity index (χ0) is 14.6. The molecule has 2 rings (SSSR count). The van der Waals surface area contributed by atoms with Crippen molar-refractivity contribution in [2.24, 2.45) is 0 Å². The van der Waals surface area contributed by atoms with Gasteiger partial charge < -0.3 is 0 Å². The summed E-state index contributed by atoms with van der Waals surface area (Å²) in [7, 11) is 0. The van der Waals surface area contributed by atoms with Gasteiger partial charge in [0.15, 0.2) is 0 Å². The Bertz CT molecular complexity index is 463. The van der Waals surface area contributed by atoms with Gasteiger partial charge in [0.05, 0.1) is 0 Å². The van der Waals surface area contributed by atoms with Gasteiger partial charge in [-0.3, -0.25) is 0 Å². The van der Waals surface area contributed by atoms with E-state index in [1.54, 1.807) is 11.1 Å². The van der Waals surface area contributed by atoms with Gasteiger partial charge in [0.2, 0.25) is 0 Å². The van der Waals surface area contributed by atoms with E-state index >= 15 is 0 Å².